The number of methoxy groups -OCH3 is 2. The Bertz CT molecular complexity index is 1540. The van der Waals surface area contributed by atoms with E-state index in [1.54, 1.807) is 34.1 Å². The molecule has 4 aliphatic rings. The van der Waals surface area contributed by atoms with Gasteiger partial charge in [-0.2, -0.15) is 0 Å². The van der Waals surface area contributed by atoms with E-state index in [0.29, 0.717) is 56.4 Å². The van der Waals surface area contributed by atoms with Crippen molar-refractivity contribution < 1.29 is 48.0 Å². The second-order valence-electron chi connectivity index (χ2n) is 17.9. The molecule has 59 heavy (non-hydrogen) atoms. The first-order valence-corrected chi connectivity index (χ1v) is 22.4. The second kappa shape index (κ2) is 24.3. The highest BCUT2D eigenvalue weighted by Crippen LogP contribution is 2.32. The molecule has 11 nitrogen and oxygen atoms in total. The molecule has 3 heterocycles. The highest BCUT2D eigenvalue weighted by molar-refractivity contribution is 6.38. The zero-order valence-corrected chi connectivity index (χ0v) is 36.9. The zero-order chi connectivity index (χ0) is 43.1. The molecule has 330 valence electrons. The molecule has 0 aromatic carbocycles. The molecule has 1 aliphatic carbocycles. The van der Waals surface area contributed by atoms with Gasteiger partial charge in [0.25, 0.3) is 5.91 Å². The normalized spacial score (nSPS) is 37.7. The number of esters is 1. The van der Waals surface area contributed by atoms with Crippen molar-refractivity contribution >= 4 is 29.2 Å². The Balaban J connectivity index is 1.58. The molecule has 3 aliphatic heterocycles. The number of rotatable bonds is 5. The molecule has 0 aromatic rings. The maximum atomic E-state index is 14.1. The first kappa shape index (κ1) is 48.4. The summed E-state index contributed by atoms with van der Waals surface area (Å²) in [4.78, 5) is 70.1. The molecule has 3 fully saturated rings. The summed E-state index contributed by atoms with van der Waals surface area (Å²) in [5.41, 5.74) is 1.54. The molecule has 2 saturated heterocycles. The Morgan fingerprint density at radius 1 is 0.780 bits per heavy atom. The largest absolute Gasteiger partial charge is 0.460 e. The van der Waals surface area contributed by atoms with Crippen LogP contribution in [-0.4, -0.2) is 103 Å². The zero-order valence-electron chi connectivity index (χ0n) is 36.9. The van der Waals surface area contributed by atoms with Gasteiger partial charge in [-0.15, -0.1) is 0 Å². The molecule has 0 aromatic heterocycles. The van der Waals surface area contributed by atoms with Gasteiger partial charge >= 0.3 is 5.97 Å². The Morgan fingerprint density at radius 3 is 2.24 bits per heavy atom. The van der Waals surface area contributed by atoms with Crippen LogP contribution in [0.15, 0.2) is 47.6 Å². The van der Waals surface area contributed by atoms with Gasteiger partial charge in [0.15, 0.2) is 0 Å². The van der Waals surface area contributed by atoms with E-state index in [-0.39, 0.29) is 61.1 Å². The van der Waals surface area contributed by atoms with Crippen molar-refractivity contribution in [3.63, 3.8) is 0 Å². The summed E-state index contributed by atoms with van der Waals surface area (Å²) in [6.45, 7) is 9.69. The number of carbonyl (C=O) groups is 5. The Morgan fingerprint density at radius 2 is 1.53 bits per heavy atom. The van der Waals surface area contributed by atoms with E-state index in [1.807, 2.05) is 38.2 Å². The van der Waals surface area contributed by atoms with Gasteiger partial charge in [0.05, 0.1) is 24.4 Å². The third-order valence-corrected chi connectivity index (χ3v) is 13.1. The van der Waals surface area contributed by atoms with Gasteiger partial charge in [-0.25, -0.2) is 4.79 Å². The number of amides is 1. The monoisotopic (exact) mass is 824 g/mol. The number of fused-ring (bicyclic) bond motifs is 3. The molecule has 0 radical (unpaired) electrons. The van der Waals surface area contributed by atoms with E-state index in [0.717, 1.165) is 50.5 Å². The summed E-state index contributed by atoms with van der Waals surface area (Å²) < 4.78 is 23.9. The number of aliphatic hydroxyl groups excluding tert-OH is 1. The lowest BCUT2D eigenvalue weighted by Crippen LogP contribution is -2.54. The van der Waals surface area contributed by atoms with E-state index >= 15 is 0 Å². The van der Waals surface area contributed by atoms with Crippen LogP contribution in [0.4, 0.5) is 0 Å². The third-order valence-electron chi connectivity index (χ3n) is 13.1. The van der Waals surface area contributed by atoms with Gasteiger partial charge < -0.3 is 29.0 Å². The van der Waals surface area contributed by atoms with E-state index in [9.17, 15) is 29.1 Å². The standard InChI is InChI=1S/C48H73NO10/c1-31-14-9-8-10-15-32(2)45(57-7)29-38-16-13-18-44(58-38)46(53)47(54)49-25-12-11-17-40(49)48(55)59-39(24-21-36-19-22-37(56-6)23-20-36)28-41(50)34(4)27-35(5)43(52)30-42(51)33(3)26-31/h8-10,14-15,27,31,33-34,36-40,43-45,52H,11-13,16-26,28-30H2,1-7H3/b10-8+,14-9+,32-15+,35-27+/t31-,33-,34-,36-,37-,38?,39-,40+,43+,44?,45+/m1/s1. The lowest BCUT2D eigenvalue weighted by molar-refractivity contribution is -0.167. The molecular formula is C48H73NO10. The molecule has 0 spiro atoms. The summed E-state index contributed by atoms with van der Waals surface area (Å²) in [6, 6.07) is -0.934. The average molecular weight is 824 g/mol. The summed E-state index contributed by atoms with van der Waals surface area (Å²) in [5.74, 6) is -2.44. The number of carbonyl (C=O) groups excluding carboxylic acids is 5. The predicted molar refractivity (Wildman–Crippen MR) is 227 cm³/mol. The van der Waals surface area contributed by atoms with Crippen molar-refractivity contribution in [3.05, 3.63) is 47.6 Å². The van der Waals surface area contributed by atoms with Crippen LogP contribution in [0.2, 0.25) is 0 Å². The Kier molecular flexibility index (Phi) is 19.9. The predicted octanol–water partition coefficient (Wildman–Crippen LogP) is 7.77. The van der Waals surface area contributed by atoms with Gasteiger partial charge in [0.2, 0.25) is 5.78 Å². The molecule has 1 saturated carbocycles. The highest BCUT2D eigenvalue weighted by atomic mass is 16.5. The molecule has 2 unspecified atom stereocenters. The first-order valence-electron chi connectivity index (χ1n) is 22.4. The quantitative estimate of drug-likeness (QED) is 0.166. The average Bonchev–Trinajstić information content (AvgIpc) is 3.23. The fraction of sp³-hybridized carbons (Fsp3) is 0.729. The van der Waals surface area contributed by atoms with Crippen molar-refractivity contribution in [3.8, 4) is 0 Å². The van der Waals surface area contributed by atoms with E-state index < -0.39 is 47.9 Å². The summed E-state index contributed by atoms with van der Waals surface area (Å²) >= 11 is 0. The summed E-state index contributed by atoms with van der Waals surface area (Å²) in [6.07, 6.45) is 18.6. The molecule has 1 N–H and O–H groups in total. The van der Waals surface area contributed by atoms with Crippen molar-refractivity contribution in [2.24, 2.45) is 23.7 Å². The fourth-order valence-corrected chi connectivity index (χ4v) is 9.16. The van der Waals surface area contributed by atoms with E-state index in [1.165, 1.54) is 4.90 Å². The number of ketones is 3. The van der Waals surface area contributed by atoms with Crippen LogP contribution in [0.25, 0.3) is 0 Å². The number of aliphatic hydroxyl groups is 1. The van der Waals surface area contributed by atoms with Crippen LogP contribution in [0.3, 0.4) is 0 Å². The van der Waals surface area contributed by atoms with Crippen LogP contribution in [0, 0.1) is 23.7 Å². The van der Waals surface area contributed by atoms with Crippen LogP contribution in [-0.2, 0) is 42.9 Å². The van der Waals surface area contributed by atoms with Crippen LogP contribution in [0.5, 0.6) is 0 Å². The molecule has 11 heteroatoms. The van der Waals surface area contributed by atoms with Crippen LogP contribution >= 0.6 is 0 Å². The van der Waals surface area contributed by atoms with Crippen molar-refractivity contribution in [1.82, 2.24) is 4.90 Å². The molecule has 1 amide bonds. The first-order chi connectivity index (χ1) is 28.2. The number of Topliss-reactive ketones (excluding diaryl/α,β-unsaturated/α-hetero) is 3. The maximum Gasteiger partial charge on any atom is 0.329 e. The number of nitrogens with zero attached hydrogens (tertiary/aromatic N) is 1. The number of cyclic esters (lactones) is 1. The topological polar surface area (TPSA) is 146 Å². The SMILES string of the molecule is CO[C@H]1CC2CCCC(O2)C(=O)C(=O)N2CCCC[C@H]2C(=O)O[C@H](CC[C@H]2CC[C@H](OC)CC2)CC(=O)[C@H](C)/C=C(\C)[C@@H](O)CC(=O)[C@H](C)C[C@H](C)/C=C/C=C/C=C/1C. The van der Waals surface area contributed by atoms with Gasteiger partial charge in [0, 0.05) is 51.9 Å². The summed E-state index contributed by atoms with van der Waals surface area (Å²) in [5, 5.41) is 11.0. The van der Waals surface area contributed by atoms with Gasteiger partial charge in [-0.05, 0) is 120 Å². The number of ether oxygens (including phenoxy) is 4. The molecular weight excluding hydrogens is 751 g/mol. The van der Waals surface area contributed by atoms with Crippen LogP contribution < -0.4 is 0 Å². The maximum absolute atomic E-state index is 14.1. The lowest BCUT2D eigenvalue weighted by atomic mass is 9.83. The van der Waals surface area contributed by atoms with Gasteiger partial charge in [-0.3, -0.25) is 19.2 Å². The molecule has 4 rings (SSSR count). The third kappa shape index (κ3) is 15.0. The van der Waals surface area contributed by atoms with Crippen molar-refractivity contribution in [1.29, 1.82) is 0 Å². The van der Waals surface area contributed by atoms with E-state index in [2.05, 4.69) is 13.0 Å². The minimum absolute atomic E-state index is 0.0230. The Labute approximate surface area is 353 Å². The number of piperidine rings is 1. The smallest absolute Gasteiger partial charge is 0.329 e. The van der Waals surface area contributed by atoms with E-state index in [4.69, 9.17) is 18.9 Å². The highest BCUT2D eigenvalue weighted by Gasteiger charge is 2.41. The fourth-order valence-electron chi connectivity index (χ4n) is 9.16. The van der Waals surface area contributed by atoms with Crippen molar-refractivity contribution in [2.75, 3.05) is 20.8 Å². The lowest BCUT2D eigenvalue weighted by Gasteiger charge is -2.36. The van der Waals surface area contributed by atoms with Gasteiger partial charge in [-0.1, -0.05) is 57.2 Å². The second-order valence-corrected chi connectivity index (χ2v) is 17.9. The molecule has 9 atom stereocenters. The minimum Gasteiger partial charge on any atom is -0.460 e. The Hall–Kier alpha value is -3.25. The molecule has 2 bridgehead atoms. The van der Waals surface area contributed by atoms with Gasteiger partial charge in [0.1, 0.15) is 29.8 Å². The minimum atomic E-state index is -1.02. The number of allylic oxidation sites excluding steroid dienone is 6. The number of hydrogen-bond donors (Lipinski definition) is 1. The number of hydrogen-bond acceptors (Lipinski definition) is 10. The van der Waals surface area contributed by atoms with Crippen LogP contribution in [0.1, 0.15) is 137 Å². The van der Waals surface area contributed by atoms with Crippen molar-refractivity contribution in [2.45, 2.75) is 180 Å². The summed E-state index contributed by atoms with van der Waals surface area (Å²) in [7, 11) is 3.39.